The van der Waals surface area contributed by atoms with Gasteiger partial charge in [0.15, 0.2) is 0 Å². The first-order chi connectivity index (χ1) is 10.5. The van der Waals surface area contributed by atoms with Crippen LogP contribution in [0.4, 0.5) is 4.79 Å². The lowest BCUT2D eigenvalue weighted by Gasteiger charge is -2.31. The van der Waals surface area contributed by atoms with Crippen molar-refractivity contribution in [2.75, 3.05) is 33.7 Å². The predicted octanol–water partition coefficient (Wildman–Crippen LogP) is 0.789. The molecule has 1 aliphatic rings. The van der Waals surface area contributed by atoms with E-state index in [1.165, 1.54) is 4.90 Å². The Morgan fingerprint density at radius 1 is 1.55 bits per heavy atom. The maximum atomic E-state index is 12.3. The fourth-order valence-electron chi connectivity index (χ4n) is 2.75. The van der Waals surface area contributed by atoms with E-state index in [1.807, 2.05) is 31.1 Å². The van der Waals surface area contributed by atoms with Crippen molar-refractivity contribution in [2.24, 2.45) is 11.7 Å². The molecule has 0 saturated carbocycles. The molecule has 122 valence electrons. The van der Waals surface area contributed by atoms with Crippen molar-refractivity contribution in [3.05, 3.63) is 24.2 Å². The number of hydrogen-bond acceptors (Lipinski definition) is 4. The molecule has 7 heteroatoms. The van der Waals surface area contributed by atoms with Gasteiger partial charge in [-0.1, -0.05) is 0 Å². The Labute approximate surface area is 130 Å². The summed E-state index contributed by atoms with van der Waals surface area (Å²) in [7, 11) is 3.88. The molecule has 3 amide bonds. The van der Waals surface area contributed by atoms with Gasteiger partial charge in [0.25, 0.3) is 0 Å². The molecule has 1 aromatic heterocycles. The second-order valence-corrected chi connectivity index (χ2v) is 5.86. The van der Waals surface area contributed by atoms with Gasteiger partial charge in [-0.3, -0.25) is 9.69 Å². The predicted molar refractivity (Wildman–Crippen MR) is 82.0 cm³/mol. The van der Waals surface area contributed by atoms with E-state index < -0.39 is 6.03 Å². The molecule has 1 saturated heterocycles. The third-order valence-corrected chi connectivity index (χ3v) is 4.07. The largest absolute Gasteiger partial charge is 0.468 e. The van der Waals surface area contributed by atoms with Crippen molar-refractivity contribution in [2.45, 2.75) is 18.9 Å². The lowest BCUT2D eigenvalue weighted by molar-refractivity contribution is -0.126. The number of carbonyl (C=O) groups is 2. The molecule has 7 nitrogen and oxygen atoms in total. The van der Waals surface area contributed by atoms with Crippen LogP contribution in [0.2, 0.25) is 0 Å². The maximum absolute atomic E-state index is 12.3. The molecule has 2 rings (SSSR count). The number of nitrogens with one attached hydrogen (secondary N) is 1. The first-order valence-corrected chi connectivity index (χ1v) is 7.51. The molecule has 0 bridgehead atoms. The molecule has 2 heterocycles. The smallest absolute Gasteiger partial charge is 0.314 e. The number of urea groups is 1. The Balaban J connectivity index is 1.89. The van der Waals surface area contributed by atoms with E-state index in [9.17, 15) is 9.59 Å². The number of piperidine rings is 1. The Morgan fingerprint density at radius 3 is 2.91 bits per heavy atom. The van der Waals surface area contributed by atoms with Crippen molar-refractivity contribution in [3.8, 4) is 0 Å². The van der Waals surface area contributed by atoms with Crippen molar-refractivity contribution in [1.82, 2.24) is 15.1 Å². The van der Waals surface area contributed by atoms with Crippen LogP contribution in [-0.2, 0) is 4.79 Å². The molecule has 22 heavy (non-hydrogen) atoms. The van der Waals surface area contributed by atoms with E-state index in [0.29, 0.717) is 19.6 Å². The quantitative estimate of drug-likeness (QED) is 0.841. The number of amides is 3. The van der Waals surface area contributed by atoms with Crippen LogP contribution in [-0.4, -0.2) is 55.5 Å². The summed E-state index contributed by atoms with van der Waals surface area (Å²) >= 11 is 0. The average molecular weight is 308 g/mol. The van der Waals surface area contributed by atoms with Gasteiger partial charge < -0.3 is 20.4 Å². The number of rotatable bonds is 5. The molecule has 1 aromatic rings. The summed E-state index contributed by atoms with van der Waals surface area (Å²) in [4.78, 5) is 27.1. The van der Waals surface area contributed by atoms with E-state index >= 15 is 0 Å². The summed E-state index contributed by atoms with van der Waals surface area (Å²) in [5.74, 6) is 0.581. The number of carbonyl (C=O) groups excluding carboxylic acids is 2. The third kappa shape index (κ3) is 4.00. The van der Waals surface area contributed by atoms with Crippen LogP contribution in [0.25, 0.3) is 0 Å². The van der Waals surface area contributed by atoms with E-state index in [0.717, 1.165) is 18.6 Å². The zero-order valence-electron chi connectivity index (χ0n) is 13.1. The van der Waals surface area contributed by atoms with E-state index in [2.05, 4.69) is 5.32 Å². The van der Waals surface area contributed by atoms with Gasteiger partial charge in [0.05, 0.1) is 18.2 Å². The van der Waals surface area contributed by atoms with Crippen molar-refractivity contribution < 1.29 is 14.0 Å². The fraction of sp³-hybridized carbons (Fsp3) is 0.600. The molecule has 0 radical (unpaired) electrons. The Hall–Kier alpha value is -2.02. The molecule has 1 fully saturated rings. The Morgan fingerprint density at radius 2 is 2.32 bits per heavy atom. The van der Waals surface area contributed by atoms with Crippen molar-refractivity contribution in [1.29, 1.82) is 0 Å². The standard InChI is InChI=1S/C15H24N4O3/c1-18(2)12(13-6-4-8-22-13)9-17-14(20)11-5-3-7-19(10-11)15(16)21/h4,6,8,11-12H,3,5,7,9-10H2,1-2H3,(H2,16,21)(H,17,20)/t11-,12-/m0/s1. The lowest BCUT2D eigenvalue weighted by atomic mass is 9.97. The van der Waals surface area contributed by atoms with Gasteiger partial charge in [-0.25, -0.2) is 4.79 Å². The number of likely N-dealkylation sites (tertiary alicyclic amines) is 1. The summed E-state index contributed by atoms with van der Waals surface area (Å²) < 4.78 is 5.42. The number of nitrogens with zero attached hydrogens (tertiary/aromatic N) is 2. The fourth-order valence-corrected chi connectivity index (χ4v) is 2.75. The van der Waals surface area contributed by atoms with Crippen molar-refractivity contribution in [3.63, 3.8) is 0 Å². The SMILES string of the molecule is CN(C)[C@@H](CNC(=O)[C@H]1CCCN(C(N)=O)C1)c1ccco1. The summed E-state index contributed by atoms with van der Waals surface area (Å²) in [5, 5.41) is 2.96. The summed E-state index contributed by atoms with van der Waals surface area (Å²) in [6.07, 6.45) is 3.21. The summed E-state index contributed by atoms with van der Waals surface area (Å²) in [5.41, 5.74) is 5.29. The molecule has 0 aromatic carbocycles. The van der Waals surface area contributed by atoms with Gasteiger partial charge in [0.2, 0.25) is 5.91 Å². The molecule has 2 atom stereocenters. The number of nitrogens with two attached hydrogens (primary N) is 1. The average Bonchev–Trinajstić information content (AvgIpc) is 3.01. The number of furan rings is 1. The topological polar surface area (TPSA) is 91.8 Å². The lowest BCUT2D eigenvalue weighted by Crippen LogP contribution is -2.48. The second-order valence-electron chi connectivity index (χ2n) is 5.86. The Kier molecular flexibility index (Phi) is 5.43. The highest BCUT2D eigenvalue weighted by molar-refractivity contribution is 5.80. The first-order valence-electron chi connectivity index (χ1n) is 7.51. The molecular formula is C15H24N4O3. The third-order valence-electron chi connectivity index (χ3n) is 4.07. The molecule has 3 N–H and O–H groups in total. The highest BCUT2D eigenvalue weighted by Crippen LogP contribution is 2.19. The van der Waals surface area contributed by atoms with Gasteiger partial charge in [0.1, 0.15) is 5.76 Å². The number of primary amides is 1. The minimum absolute atomic E-state index is 0.0187. The van der Waals surface area contributed by atoms with Crippen LogP contribution in [0.1, 0.15) is 24.6 Å². The number of likely N-dealkylation sites (N-methyl/N-ethyl adjacent to an activating group) is 1. The van der Waals surface area contributed by atoms with Crippen LogP contribution < -0.4 is 11.1 Å². The highest BCUT2D eigenvalue weighted by Gasteiger charge is 2.28. The molecule has 1 aliphatic heterocycles. The zero-order chi connectivity index (χ0) is 16.1. The van der Waals surface area contributed by atoms with Crippen molar-refractivity contribution >= 4 is 11.9 Å². The van der Waals surface area contributed by atoms with Crippen LogP contribution in [0.5, 0.6) is 0 Å². The molecule has 0 spiro atoms. The van der Waals surface area contributed by atoms with Crippen LogP contribution in [0.15, 0.2) is 22.8 Å². The molecule has 0 aliphatic carbocycles. The van der Waals surface area contributed by atoms with E-state index in [-0.39, 0.29) is 17.9 Å². The monoisotopic (exact) mass is 308 g/mol. The Bertz CT molecular complexity index is 501. The van der Waals surface area contributed by atoms with Gasteiger partial charge in [-0.15, -0.1) is 0 Å². The zero-order valence-corrected chi connectivity index (χ0v) is 13.1. The van der Waals surface area contributed by atoms with Gasteiger partial charge in [-0.05, 0) is 39.1 Å². The highest BCUT2D eigenvalue weighted by atomic mass is 16.3. The normalized spacial score (nSPS) is 20.0. The second kappa shape index (κ2) is 7.31. The summed E-state index contributed by atoms with van der Waals surface area (Å²) in [6.45, 7) is 1.49. The van der Waals surface area contributed by atoms with Crippen LogP contribution >= 0.6 is 0 Å². The van der Waals surface area contributed by atoms with Crippen LogP contribution in [0, 0.1) is 5.92 Å². The van der Waals surface area contributed by atoms with Gasteiger partial charge in [-0.2, -0.15) is 0 Å². The number of hydrogen-bond donors (Lipinski definition) is 2. The first kappa shape index (κ1) is 16.4. The van der Waals surface area contributed by atoms with Gasteiger partial charge in [0, 0.05) is 19.6 Å². The maximum Gasteiger partial charge on any atom is 0.314 e. The van der Waals surface area contributed by atoms with Crippen LogP contribution in [0.3, 0.4) is 0 Å². The molecular weight excluding hydrogens is 284 g/mol. The minimum atomic E-state index is -0.459. The summed E-state index contributed by atoms with van der Waals surface area (Å²) in [6, 6.07) is 3.25. The van der Waals surface area contributed by atoms with E-state index in [1.54, 1.807) is 6.26 Å². The molecule has 0 unspecified atom stereocenters. The van der Waals surface area contributed by atoms with Gasteiger partial charge >= 0.3 is 6.03 Å². The van der Waals surface area contributed by atoms with E-state index in [4.69, 9.17) is 10.2 Å². The minimum Gasteiger partial charge on any atom is -0.468 e.